The van der Waals surface area contributed by atoms with Crippen LogP contribution >= 0.6 is 23.5 Å². The number of ether oxygens (including phenoxy) is 1. The van der Waals surface area contributed by atoms with Crippen LogP contribution in [0.3, 0.4) is 0 Å². The number of fused-ring (bicyclic) bond motifs is 2. The summed E-state index contributed by atoms with van der Waals surface area (Å²) < 4.78 is 14.4. The second kappa shape index (κ2) is 9.03. The van der Waals surface area contributed by atoms with Crippen molar-refractivity contribution >= 4 is 45.4 Å². The maximum absolute atomic E-state index is 13.5. The lowest BCUT2D eigenvalue weighted by atomic mass is 9.99. The quantitative estimate of drug-likeness (QED) is 0.226. The van der Waals surface area contributed by atoms with Crippen LogP contribution in [0.25, 0.3) is 33.2 Å². The lowest BCUT2D eigenvalue weighted by Gasteiger charge is -2.19. The minimum atomic E-state index is -0.453. The van der Waals surface area contributed by atoms with Crippen LogP contribution in [0.2, 0.25) is 5.15 Å². The van der Waals surface area contributed by atoms with Crippen LogP contribution in [0.1, 0.15) is 29.7 Å². The summed E-state index contributed by atoms with van der Waals surface area (Å²) in [5.41, 5.74) is 4.34. The van der Waals surface area contributed by atoms with Gasteiger partial charge in [0.05, 0.1) is 10.9 Å². The van der Waals surface area contributed by atoms with E-state index in [0.717, 1.165) is 39.5 Å². The zero-order chi connectivity index (χ0) is 24.9. The second-order valence-corrected chi connectivity index (χ2v) is 9.52. The van der Waals surface area contributed by atoms with Crippen molar-refractivity contribution in [2.24, 2.45) is 12.2 Å². The van der Waals surface area contributed by atoms with E-state index in [4.69, 9.17) is 25.9 Å². The molecule has 9 heteroatoms. The van der Waals surface area contributed by atoms with Crippen molar-refractivity contribution < 1.29 is 9.15 Å². The van der Waals surface area contributed by atoms with Crippen molar-refractivity contribution in [1.29, 1.82) is 0 Å². The van der Waals surface area contributed by atoms with E-state index < -0.39 is 6.10 Å². The van der Waals surface area contributed by atoms with Crippen LogP contribution < -0.4 is 15.3 Å². The van der Waals surface area contributed by atoms with Gasteiger partial charge in [-0.25, -0.2) is 4.98 Å². The van der Waals surface area contributed by atoms with Gasteiger partial charge in [-0.15, -0.1) is 0 Å². The topological polar surface area (TPSA) is 96.2 Å². The van der Waals surface area contributed by atoms with Gasteiger partial charge in [0.15, 0.2) is 16.2 Å². The average molecular weight is 507 g/mol. The maximum atomic E-state index is 13.5. The Morgan fingerprint density at radius 1 is 1.17 bits per heavy atom. The molecule has 35 heavy (non-hydrogen) atoms. The highest BCUT2D eigenvalue weighted by Crippen LogP contribution is 2.35. The number of halogens is 1. The smallest absolute Gasteiger partial charge is 0.196 e. The minimum absolute atomic E-state index is 0.0731. The first kappa shape index (κ1) is 23.4. The normalized spacial score (nSPS) is 12.4. The number of rotatable bonds is 5. The molecule has 0 saturated carbocycles. The monoisotopic (exact) mass is 506 g/mol. The van der Waals surface area contributed by atoms with Crippen LogP contribution in [0, 0.1) is 13.8 Å². The predicted octanol–water partition coefficient (Wildman–Crippen LogP) is 6.12. The van der Waals surface area contributed by atoms with Gasteiger partial charge in [-0.3, -0.25) is 14.6 Å². The molecular formula is C26H23ClN4O3S. The standard InChI is InChI=1S/C26H23ClN4O3S/c1-13-9-18(15(3)33-21-7-8-22(27)29-26(21)35-28)25-19(10-13)23(32)14(2)24(34-25)16-5-6-20-17(11-16)12-31(4)30-20/h5-12,15H,28H2,1-4H3. The van der Waals surface area contributed by atoms with E-state index in [9.17, 15) is 4.79 Å². The molecule has 0 radical (unpaired) electrons. The summed E-state index contributed by atoms with van der Waals surface area (Å²) in [6.45, 7) is 5.63. The minimum Gasteiger partial charge on any atom is -0.483 e. The summed E-state index contributed by atoms with van der Waals surface area (Å²) in [6, 6.07) is 13.0. The van der Waals surface area contributed by atoms with E-state index in [1.54, 1.807) is 23.7 Å². The van der Waals surface area contributed by atoms with Gasteiger partial charge >= 0.3 is 0 Å². The predicted molar refractivity (Wildman–Crippen MR) is 140 cm³/mol. The van der Waals surface area contributed by atoms with Gasteiger partial charge < -0.3 is 9.15 Å². The van der Waals surface area contributed by atoms with Crippen LogP contribution in [0.15, 0.2) is 62.9 Å². The highest BCUT2D eigenvalue weighted by molar-refractivity contribution is 7.97. The molecule has 0 aliphatic carbocycles. The molecule has 0 fully saturated rings. The van der Waals surface area contributed by atoms with E-state index in [2.05, 4.69) is 10.1 Å². The van der Waals surface area contributed by atoms with Crippen molar-refractivity contribution in [2.45, 2.75) is 31.9 Å². The molecule has 0 amide bonds. The van der Waals surface area contributed by atoms with Gasteiger partial charge in [-0.2, -0.15) is 5.10 Å². The molecule has 178 valence electrons. The number of hydrogen-bond acceptors (Lipinski definition) is 7. The van der Waals surface area contributed by atoms with E-state index in [1.807, 2.05) is 57.4 Å². The number of nitrogens with zero attached hydrogens (tertiary/aromatic N) is 3. The van der Waals surface area contributed by atoms with Crippen LogP contribution in [0.5, 0.6) is 5.75 Å². The Morgan fingerprint density at radius 3 is 2.74 bits per heavy atom. The average Bonchev–Trinajstić information content (AvgIpc) is 3.21. The van der Waals surface area contributed by atoms with Gasteiger partial charge in [0.1, 0.15) is 22.6 Å². The summed E-state index contributed by atoms with van der Waals surface area (Å²) in [5.74, 6) is 1.03. The molecule has 7 nitrogen and oxygen atoms in total. The highest BCUT2D eigenvalue weighted by Gasteiger charge is 2.21. The fourth-order valence-corrected chi connectivity index (χ4v) is 4.85. The van der Waals surface area contributed by atoms with Gasteiger partial charge in [-0.1, -0.05) is 11.6 Å². The summed E-state index contributed by atoms with van der Waals surface area (Å²) in [5, 5.41) is 12.5. The Labute approximate surface area is 211 Å². The number of nitrogens with two attached hydrogens (primary N) is 1. The zero-order valence-electron chi connectivity index (χ0n) is 19.6. The lowest BCUT2D eigenvalue weighted by Crippen LogP contribution is -2.11. The molecule has 1 atom stereocenters. The van der Waals surface area contributed by atoms with E-state index in [1.165, 1.54) is 0 Å². The molecule has 3 aromatic heterocycles. The Bertz CT molecular complexity index is 1660. The number of hydrogen-bond donors (Lipinski definition) is 1. The molecule has 2 N–H and O–H groups in total. The maximum Gasteiger partial charge on any atom is 0.196 e. The molecule has 2 aromatic carbocycles. The van der Waals surface area contributed by atoms with Crippen LogP contribution in [-0.2, 0) is 7.05 Å². The lowest BCUT2D eigenvalue weighted by molar-refractivity contribution is 0.219. The molecule has 5 rings (SSSR count). The first-order chi connectivity index (χ1) is 16.7. The van der Waals surface area contributed by atoms with Crippen LogP contribution in [-0.4, -0.2) is 14.8 Å². The molecule has 0 bridgehead atoms. The van der Waals surface area contributed by atoms with E-state index in [-0.39, 0.29) is 5.43 Å². The second-order valence-electron chi connectivity index (χ2n) is 8.51. The number of pyridine rings is 1. The summed E-state index contributed by atoms with van der Waals surface area (Å²) in [6.07, 6.45) is 1.48. The van der Waals surface area contributed by atoms with Gasteiger partial charge in [0, 0.05) is 35.3 Å². The number of aryl methyl sites for hydroxylation is 2. The molecule has 0 aliphatic heterocycles. The largest absolute Gasteiger partial charge is 0.483 e. The number of benzene rings is 2. The van der Waals surface area contributed by atoms with Crippen LogP contribution in [0.4, 0.5) is 0 Å². The first-order valence-electron chi connectivity index (χ1n) is 11.0. The third-order valence-corrected chi connectivity index (χ3v) is 6.64. The fraction of sp³-hybridized carbons (Fsp3) is 0.192. The molecule has 0 saturated heterocycles. The van der Waals surface area contributed by atoms with Crippen molar-refractivity contribution in [1.82, 2.24) is 14.8 Å². The molecule has 1 unspecified atom stereocenters. The Kier molecular flexibility index (Phi) is 6.04. The van der Waals surface area contributed by atoms with E-state index in [0.29, 0.717) is 38.2 Å². The summed E-state index contributed by atoms with van der Waals surface area (Å²) >= 11 is 6.96. The molecule has 3 heterocycles. The van der Waals surface area contributed by atoms with Crippen molar-refractivity contribution in [3.63, 3.8) is 0 Å². The SMILES string of the molecule is Cc1cc(C(C)Oc2ccc(Cl)nc2SN)c2oc(-c3ccc4nn(C)cc4c3)c(C)c(=O)c2c1. The summed E-state index contributed by atoms with van der Waals surface area (Å²) in [7, 11) is 1.88. The highest BCUT2D eigenvalue weighted by atomic mass is 35.5. The molecule has 5 aromatic rings. The van der Waals surface area contributed by atoms with Crippen molar-refractivity contribution in [3.05, 3.63) is 80.7 Å². The fourth-order valence-electron chi connectivity index (χ4n) is 4.27. The first-order valence-corrected chi connectivity index (χ1v) is 12.2. The summed E-state index contributed by atoms with van der Waals surface area (Å²) in [4.78, 5) is 17.7. The molecule has 0 spiro atoms. The van der Waals surface area contributed by atoms with Gasteiger partial charge in [-0.05, 0) is 80.7 Å². The third-order valence-electron chi connectivity index (χ3n) is 5.92. The van der Waals surface area contributed by atoms with Gasteiger partial charge in [0.2, 0.25) is 0 Å². The third kappa shape index (κ3) is 4.29. The van der Waals surface area contributed by atoms with E-state index >= 15 is 0 Å². The van der Waals surface area contributed by atoms with Crippen molar-refractivity contribution in [3.8, 4) is 17.1 Å². The Hall–Kier alpha value is -3.33. The Morgan fingerprint density at radius 2 is 1.97 bits per heavy atom. The molecule has 0 aliphatic rings. The number of aromatic nitrogens is 3. The van der Waals surface area contributed by atoms with Gasteiger partial charge in [0.25, 0.3) is 0 Å². The molecular weight excluding hydrogens is 484 g/mol. The van der Waals surface area contributed by atoms with Crippen molar-refractivity contribution in [2.75, 3.05) is 0 Å². The zero-order valence-corrected chi connectivity index (χ0v) is 21.2. The Balaban J connectivity index is 1.67.